The molecular weight excluding hydrogens is 336 g/mol. The van der Waals surface area contributed by atoms with Crippen molar-refractivity contribution in [3.63, 3.8) is 0 Å². The van der Waals surface area contributed by atoms with Crippen LogP contribution in [-0.4, -0.2) is 40.7 Å². The fraction of sp³-hybridized carbons (Fsp3) is 0.211. The third-order valence-corrected chi connectivity index (χ3v) is 4.05. The van der Waals surface area contributed by atoms with Gasteiger partial charge in [0.1, 0.15) is 11.8 Å². The number of rotatable bonds is 5. The standard InChI is InChI=1S/C19H18N2O5/c1-4-26-18(23)10(2)17(22)16-15-12(9-14(21-16)19(24)25-3)11-7-5-6-8-13(11)20-15/h5-9,17,20,22H,2,4H2,1,3H3. The maximum Gasteiger partial charge on any atom is 0.356 e. The van der Waals surface area contributed by atoms with Crippen LogP contribution in [-0.2, 0) is 14.3 Å². The normalized spacial score (nSPS) is 12.1. The summed E-state index contributed by atoms with van der Waals surface area (Å²) in [6.07, 6.45) is -1.44. The van der Waals surface area contributed by atoms with E-state index in [2.05, 4.69) is 16.5 Å². The van der Waals surface area contributed by atoms with Crippen LogP contribution in [0.5, 0.6) is 0 Å². The van der Waals surface area contributed by atoms with E-state index in [1.54, 1.807) is 13.0 Å². The van der Waals surface area contributed by atoms with Crippen molar-refractivity contribution in [1.82, 2.24) is 9.97 Å². The zero-order valence-electron chi connectivity index (χ0n) is 14.4. The molecule has 1 unspecified atom stereocenters. The molecule has 0 radical (unpaired) electrons. The van der Waals surface area contributed by atoms with E-state index in [1.165, 1.54) is 7.11 Å². The lowest BCUT2D eigenvalue weighted by molar-refractivity contribution is -0.139. The summed E-state index contributed by atoms with van der Waals surface area (Å²) in [5.41, 5.74) is 1.28. The summed E-state index contributed by atoms with van der Waals surface area (Å²) >= 11 is 0. The van der Waals surface area contributed by atoms with Gasteiger partial charge in [0.15, 0.2) is 0 Å². The maximum absolute atomic E-state index is 12.0. The van der Waals surface area contributed by atoms with Crippen molar-refractivity contribution in [2.24, 2.45) is 0 Å². The van der Waals surface area contributed by atoms with E-state index in [0.717, 1.165) is 10.9 Å². The number of aliphatic hydroxyl groups is 1. The molecule has 1 aromatic carbocycles. The number of esters is 2. The van der Waals surface area contributed by atoms with E-state index < -0.39 is 18.0 Å². The number of nitrogens with zero attached hydrogens (tertiary/aromatic N) is 1. The number of ether oxygens (including phenoxy) is 2. The predicted octanol–water partition coefficient (Wildman–Crippen LogP) is 2.66. The SMILES string of the molecule is C=C(C(=O)OCC)C(O)c1nc(C(=O)OC)cc2c1[nH]c1ccccc12. The Kier molecular flexibility index (Phi) is 4.73. The fourth-order valence-corrected chi connectivity index (χ4v) is 2.78. The van der Waals surface area contributed by atoms with Gasteiger partial charge in [0, 0.05) is 16.3 Å². The third-order valence-electron chi connectivity index (χ3n) is 4.05. The number of aliphatic hydroxyl groups excluding tert-OH is 1. The summed E-state index contributed by atoms with van der Waals surface area (Å²) in [6, 6.07) is 9.06. The molecular formula is C19H18N2O5. The molecule has 0 spiro atoms. The van der Waals surface area contributed by atoms with Crippen LogP contribution in [0.25, 0.3) is 21.8 Å². The number of carbonyl (C=O) groups is 2. The minimum atomic E-state index is -1.44. The van der Waals surface area contributed by atoms with Crippen molar-refractivity contribution in [2.75, 3.05) is 13.7 Å². The van der Waals surface area contributed by atoms with Crippen molar-refractivity contribution >= 4 is 33.7 Å². The fourth-order valence-electron chi connectivity index (χ4n) is 2.78. The molecule has 0 aliphatic carbocycles. The number of nitrogens with one attached hydrogen (secondary N) is 1. The van der Waals surface area contributed by atoms with Gasteiger partial charge in [-0.05, 0) is 19.1 Å². The number of para-hydroxylation sites is 1. The van der Waals surface area contributed by atoms with Gasteiger partial charge < -0.3 is 19.6 Å². The molecule has 0 fully saturated rings. The van der Waals surface area contributed by atoms with E-state index in [-0.39, 0.29) is 23.6 Å². The summed E-state index contributed by atoms with van der Waals surface area (Å²) in [7, 11) is 1.25. The second-order valence-electron chi connectivity index (χ2n) is 5.63. The highest BCUT2D eigenvalue weighted by molar-refractivity contribution is 6.10. The zero-order valence-corrected chi connectivity index (χ0v) is 14.4. The Hall–Kier alpha value is -3.19. The summed E-state index contributed by atoms with van der Waals surface area (Å²) < 4.78 is 9.64. The van der Waals surface area contributed by atoms with Crippen LogP contribution in [0.2, 0.25) is 0 Å². The molecule has 0 bridgehead atoms. The largest absolute Gasteiger partial charge is 0.464 e. The van der Waals surface area contributed by atoms with Crippen molar-refractivity contribution < 1.29 is 24.2 Å². The second-order valence-corrected chi connectivity index (χ2v) is 5.63. The molecule has 2 N–H and O–H groups in total. The Morgan fingerprint density at radius 2 is 2.04 bits per heavy atom. The molecule has 26 heavy (non-hydrogen) atoms. The summed E-state index contributed by atoms with van der Waals surface area (Å²) in [5.74, 6) is -1.37. The lowest BCUT2D eigenvalue weighted by Gasteiger charge is -2.14. The van der Waals surface area contributed by atoms with E-state index in [9.17, 15) is 14.7 Å². The first-order chi connectivity index (χ1) is 12.5. The minimum absolute atomic E-state index is 0.0236. The number of carbonyl (C=O) groups excluding carboxylic acids is 2. The predicted molar refractivity (Wildman–Crippen MR) is 95.7 cm³/mol. The molecule has 134 valence electrons. The molecule has 7 heteroatoms. The average molecular weight is 354 g/mol. The van der Waals surface area contributed by atoms with E-state index >= 15 is 0 Å². The van der Waals surface area contributed by atoms with Crippen LogP contribution < -0.4 is 0 Å². The van der Waals surface area contributed by atoms with Crippen molar-refractivity contribution in [1.29, 1.82) is 0 Å². The first-order valence-corrected chi connectivity index (χ1v) is 8.01. The molecule has 0 saturated carbocycles. The first kappa shape index (κ1) is 17.6. The van der Waals surface area contributed by atoms with Gasteiger partial charge in [0.2, 0.25) is 0 Å². The van der Waals surface area contributed by atoms with Gasteiger partial charge in [-0.15, -0.1) is 0 Å². The topological polar surface area (TPSA) is 102 Å². The first-order valence-electron chi connectivity index (χ1n) is 8.01. The number of hydrogen-bond donors (Lipinski definition) is 2. The lowest BCUT2D eigenvalue weighted by atomic mass is 10.0. The number of methoxy groups -OCH3 is 1. The van der Waals surface area contributed by atoms with Crippen molar-refractivity contribution in [2.45, 2.75) is 13.0 Å². The molecule has 0 aliphatic heterocycles. The van der Waals surface area contributed by atoms with E-state index in [1.807, 2.05) is 24.3 Å². The third kappa shape index (κ3) is 2.93. The quantitative estimate of drug-likeness (QED) is 0.539. The molecule has 7 nitrogen and oxygen atoms in total. The molecule has 3 rings (SSSR count). The van der Waals surface area contributed by atoms with Crippen molar-refractivity contribution in [3.05, 3.63) is 53.9 Å². The van der Waals surface area contributed by atoms with Gasteiger partial charge in [-0.1, -0.05) is 24.8 Å². The molecule has 0 aliphatic rings. The van der Waals surface area contributed by atoms with Gasteiger partial charge in [0.05, 0.1) is 30.5 Å². The monoisotopic (exact) mass is 354 g/mol. The highest BCUT2D eigenvalue weighted by Crippen LogP contribution is 2.32. The number of aromatic amines is 1. The Labute approximate surface area is 149 Å². The Bertz CT molecular complexity index is 1020. The summed E-state index contributed by atoms with van der Waals surface area (Å²) in [6.45, 7) is 5.42. The number of hydrogen-bond acceptors (Lipinski definition) is 6. The number of fused-ring (bicyclic) bond motifs is 3. The number of pyridine rings is 1. The van der Waals surface area contributed by atoms with Crippen LogP contribution in [0.4, 0.5) is 0 Å². The van der Waals surface area contributed by atoms with Gasteiger partial charge in [-0.2, -0.15) is 0 Å². The zero-order chi connectivity index (χ0) is 18.8. The van der Waals surface area contributed by atoms with Gasteiger partial charge >= 0.3 is 11.9 Å². The van der Waals surface area contributed by atoms with Crippen LogP contribution in [0.1, 0.15) is 29.2 Å². The smallest absolute Gasteiger partial charge is 0.356 e. The molecule has 2 heterocycles. The van der Waals surface area contributed by atoms with E-state index in [4.69, 9.17) is 9.47 Å². The summed E-state index contributed by atoms with van der Waals surface area (Å²) in [4.78, 5) is 31.3. The van der Waals surface area contributed by atoms with Gasteiger partial charge in [-0.3, -0.25) is 0 Å². The van der Waals surface area contributed by atoms with Crippen LogP contribution >= 0.6 is 0 Å². The molecule has 2 aromatic heterocycles. The van der Waals surface area contributed by atoms with Crippen LogP contribution in [0, 0.1) is 0 Å². The molecule has 3 aromatic rings. The number of benzene rings is 1. The minimum Gasteiger partial charge on any atom is -0.464 e. The van der Waals surface area contributed by atoms with Crippen LogP contribution in [0.15, 0.2) is 42.5 Å². The number of aromatic nitrogens is 2. The highest BCUT2D eigenvalue weighted by atomic mass is 16.5. The van der Waals surface area contributed by atoms with E-state index in [0.29, 0.717) is 10.9 Å². The second kappa shape index (κ2) is 6.97. The van der Waals surface area contributed by atoms with Crippen LogP contribution in [0.3, 0.4) is 0 Å². The Balaban J connectivity index is 2.23. The molecule has 0 amide bonds. The molecule has 0 saturated heterocycles. The summed E-state index contributed by atoms with van der Waals surface area (Å²) in [5, 5.41) is 12.2. The maximum atomic E-state index is 12.0. The Morgan fingerprint density at radius 1 is 1.31 bits per heavy atom. The average Bonchev–Trinajstić information content (AvgIpc) is 3.04. The molecule has 1 atom stereocenters. The lowest BCUT2D eigenvalue weighted by Crippen LogP contribution is -2.16. The highest BCUT2D eigenvalue weighted by Gasteiger charge is 2.26. The Morgan fingerprint density at radius 3 is 2.73 bits per heavy atom. The van der Waals surface area contributed by atoms with Gasteiger partial charge in [-0.25, -0.2) is 14.6 Å². The van der Waals surface area contributed by atoms with Crippen molar-refractivity contribution in [3.8, 4) is 0 Å². The number of H-pyrrole nitrogens is 1. The van der Waals surface area contributed by atoms with Gasteiger partial charge in [0.25, 0.3) is 0 Å².